The summed E-state index contributed by atoms with van der Waals surface area (Å²) >= 11 is 1.88. The molecule has 152 valence electrons. The van der Waals surface area contributed by atoms with Crippen molar-refractivity contribution in [1.82, 2.24) is 9.97 Å². The summed E-state index contributed by atoms with van der Waals surface area (Å²) in [6.07, 6.45) is 16.1. The number of nitrogens with zero attached hydrogens (tertiary/aromatic N) is 2. The van der Waals surface area contributed by atoms with Crippen molar-refractivity contribution in [1.29, 1.82) is 0 Å². The van der Waals surface area contributed by atoms with Crippen LogP contribution in [0.5, 0.6) is 0 Å². The van der Waals surface area contributed by atoms with Gasteiger partial charge in [-0.25, -0.2) is 9.97 Å². The second kappa shape index (κ2) is 8.83. The number of aromatic nitrogens is 2. The predicted molar refractivity (Wildman–Crippen MR) is 123 cm³/mol. The molecule has 4 heteroatoms. The second-order valence-corrected chi connectivity index (χ2v) is 9.94. The molecule has 0 amide bonds. The Hall–Kier alpha value is -1.94. The Labute approximate surface area is 178 Å². The lowest BCUT2D eigenvalue weighted by molar-refractivity contribution is 0.313. The zero-order chi connectivity index (χ0) is 19.5. The fourth-order valence-corrected chi connectivity index (χ4v) is 6.46. The molecule has 0 unspecified atom stereocenters. The van der Waals surface area contributed by atoms with E-state index in [4.69, 9.17) is 0 Å². The number of thiophene rings is 1. The van der Waals surface area contributed by atoms with Gasteiger partial charge in [0.1, 0.15) is 17.0 Å². The lowest BCUT2D eigenvalue weighted by atomic mass is 9.83. The molecule has 0 aliphatic heterocycles. The molecule has 3 nitrogen and oxygen atoms in total. The first-order valence-corrected chi connectivity index (χ1v) is 12.2. The van der Waals surface area contributed by atoms with Crippen LogP contribution in [0.25, 0.3) is 10.2 Å². The third-order valence-electron chi connectivity index (χ3n) is 6.86. The van der Waals surface area contributed by atoms with Gasteiger partial charge in [0.2, 0.25) is 0 Å². The van der Waals surface area contributed by atoms with Crippen LogP contribution in [-0.2, 0) is 19.3 Å². The number of hydrogen-bond acceptors (Lipinski definition) is 4. The maximum atomic E-state index is 4.64. The van der Waals surface area contributed by atoms with E-state index in [0.29, 0.717) is 6.04 Å². The molecule has 0 spiro atoms. The smallest absolute Gasteiger partial charge is 0.138 e. The molecule has 29 heavy (non-hydrogen) atoms. The molecule has 2 aromatic heterocycles. The Kier molecular flexibility index (Phi) is 5.80. The van der Waals surface area contributed by atoms with E-state index in [-0.39, 0.29) is 0 Å². The minimum absolute atomic E-state index is 0.575. The molecule has 0 atom stereocenters. The van der Waals surface area contributed by atoms with Crippen molar-refractivity contribution >= 4 is 27.4 Å². The molecule has 1 saturated carbocycles. The van der Waals surface area contributed by atoms with Gasteiger partial charge in [0.15, 0.2) is 0 Å². The number of anilines is 1. The van der Waals surface area contributed by atoms with Crippen molar-refractivity contribution in [2.24, 2.45) is 5.92 Å². The lowest BCUT2D eigenvalue weighted by Crippen LogP contribution is -2.26. The monoisotopic (exact) mass is 405 g/mol. The maximum absolute atomic E-state index is 4.64. The number of rotatable bonds is 7. The number of aryl methyl sites for hydroxylation is 3. The standard InChI is InChI=1S/C25H31N3S/c1-2-7-18(8-3-1)9-4-5-10-19-13-15-20(16-14-19)28-24-23-21-11-6-12-22(21)29-25(23)27-17-26-24/h1-3,7-8,17,19-20H,4-6,9-16H2,(H,26,27,28). The molecule has 1 aromatic carbocycles. The van der Waals surface area contributed by atoms with Gasteiger partial charge in [-0.2, -0.15) is 0 Å². The molecule has 1 N–H and O–H groups in total. The SMILES string of the molecule is c1ccc(CCCCC2CCC(Nc3ncnc4sc5c(c34)CCC5)CC2)cc1. The van der Waals surface area contributed by atoms with Crippen LogP contribution in [0.1, 0.15) is 67.4 Å². The third kappa shape index (κ3) is 4.32. The van der Waals surface area contributed by atoms with E-state index in [2.05, 4.69) is 45.6 Å². The number of unbranched alkanes of at least 4 members (excludes halogenated alkanes) is 1. The van der Waals surface area contributed by atoms with Crippen molar-refractivity contribution in [3.63, 3.8) is 0 Å². The summed E-state index contributed by atoms with van der Waals surface area (Å²) in [6, 6.07) is 11.5. The van der Waals surface area contributed by atoms with Gasteiger partial charge in [0.05, 0.1) is 5.39 Å². The van der Waals surface area contributed by atoms with Crippen molar-refractivity contribution < 1.29 is 0 Å². The molecule has 3 aromatic rings. The van der Waals surface area contributed by atoms with Gasteiger partial charge in [-0.05, 0) is 74.8 Å². The molecule has 2 aliphatic carbocycles. The van der Waals surface area contributed by atoms with Crippen LogP contribution in [0.4, 0.5) is 5.82 Å². The molecule has 0 radical (unpaired) electrons. The van der Waals surface area contributed by atoms with Gasteiger partial charge >= 0.3 is 0 Å². The average molecular weight is 406 g/mol. The quantitative estimate of drug-likeness (QED) is 0.452. The van der Waals surface area contributed by atoms with E-state index >= 15 is 0 Å². The van der Waals surface area contributed by atoms with Crippen molar-refractivity contribution in [2.45, 2.75) is 76.7 Å². The summed E-state index contributed by atoms with van der Waals surface area (Å²) in [7, 11) is 0. The summed E-state index contributed by atoms with van der Waals surface area (Å²) in [4.78, 5) is 11.9. The zero-order valence-corrected chi connectivity index (χ0v) is 18.0. The number of nitrogens with one attached hydrogen (secondary N) is 1. The number of hydrogen-bond donors (Lipinski definition) is 1. The van der Waals surface area contributed by atoms with Crippen LogP contribution >= 0.6 is 11.3 Å². The van der Waals surface area contributed by atoms with E-state index in [1.54, 1.807) is 11.2 Å². The largest absolute Gasteiger partial charge is 0.367 e. The van der Waals surface area contributed by atoms with Crippen LogP contribution in [0.2, 0.25) is 0 Å². The molecule has 2 aliphatic rings. The maximum Gasteiger partial charge on any atom is 0.138 e. The van der Waals surface area contributed by atoms with Crippen LogP contribution in [0, 0.1) is 5.92 Å². The van der Waals surface area contributed by atoms with Gasteiger partial charge in [0.25, 0.3) is 0 Å². The number of benzene rings is 1. The van der Waals surface area contributed by atoms with Crippen molar-refractivity contribution in [3.05, 3.63) is 52.7 Å². The van der Waals surface area contributed by atoms with E-state index in [9.17, 15) is 0 Å². The Morgan fingerprint density at radius 2 is 1.83 bits per heavy atom. The van der Waals surface area contributed by atoms with E-state index in [1.807, 2.05) is 11.3 Å². The summed E-state index contributed by atoms with van der Waals surface area (Å²) in [6.45, 7) is 0. The van der Waals surface area contributed by atoms with Gasteiger partial charge in [-0.3, -0.25) is 0 Å². The van der Waals surface area contributed by atoms with Gasteiger partial charge in [-0.15, -0.1) is 11.3 Å². The molecular formula is C25H31N3S. The summed E-state index contributed by atoms with van der Waals surface area (Å²) in [5.41, 5.74) is 3.01. The normalized spacial score (nSPS) is 21.4. The Bertz CT molecular complexity index is 941. The highest BCUT2D eigenvalue weighted by molar-refractivity contribution is 7.19. The molecule has 0 bridgehead atoms. The number of fused-ring (bicyclic) bond motifs is 3. The Balaban J connectivity index is 1.11. The van der Waals surface area contributed by atoms with Crippen molar-refractivity contribution in [2.75, 3.05) is 5.32 Å². The average Bonchev–Trinajstić information content (AvgIpc) is 3.35. The van der Waals surface area contributed by atoms with Crippen LogP contribution in [-0.4, -0.2) is 16.0 Å². The van der Waals surface area contributed by atoms with E-state index in [1.165, 1.54) is 92.0 Å². The minimum atomic E-state index is 0.575. The summed E-state index contributed by atoms with van der Waals surface area (Å²) in [5, 5.41) is 5.13. The molecule has 0 saturated heterocycles. The summed E-state index contributed by atoms with van der Waals surface area (Å²) in [5.74, 6) is 2.01. The van der Waals surface area contributed by atoms with Crippen molar-refractivity contribution in [3.8, 4) is 0 Å². The Morgan fingerprint density at radius 3 is 2.69 bits per heavy atom. The topological polar surface area (TPSA) is 37.8 Å². The first-order valence-electron chi connectivity index (χ1n) is 11.4. The molecule has 5 rings (SSSR count). The third-order valence-corrected chi connectivity index (χ3v) is 8.06. The lowest BCUT2D eigenvalue weighted by Gasteiger charge is -2.29. The predicted octanol–water partition coefficient (Wildman–Crippen LogP) is 6.56. The van der Waals surface area contributed by atoms with E-state index in [0.717, 1.165) is 11.7 Å². The molecular weight excluding hydrogens is 374 g/mol. The Morgan fingerprint density at radius 1 is 0.966 bits per heavy atom. The van der Waals surface area contributed by atoms with Crippen LogP contribution < -0.4 is 5.32 Å². The minimum Gasteiger partial charge on any atom is -0.367 e. The zero-order valence-electron chi connectivity index (χ0n) is 17.2. The van der Waals surface area contributed by atoms with Gasteiger partial charge in [-0.1, -0.05) is 43.2 Å². The van der Waals surface area contributed by atoms with E-state index < -0.39 is 0 Å². The second-order valence-electron chi connectivity index (χ2n) is 8.85. The highest BCUT2D eigenvalue weighted by Crippen LogP contribution is 2.40. The van der Waals surface area contributed by atoms with Crippen LogP contribution in [0.15, 0.2) is 36.7 Å². The first-order chi connectivity index (χ1) is 14.4. The van der Waals surface area contributed by atoms with Gasteiger partial charge < -0.3 is 5.32 Å². The highest BCUT2D eigenvalue weighted by Gasteiger charge is 2.24. The highest BCUT2D eigenvalue weighted by atomic mass is 32.1. The molecule has 1 fully saturated rings. The fraction of sp³-hybridized carbons (Fsp3) is 0.520. The summed E-state index contributed by atoms with van der Waals surface area (Å²) < 4.78 is 0. The fourth-order valence-electron chi connectivity index (χ4n) is 5.23. The van der Waals surface area contributed by atoms with Gasteiger partial charge in [0, 0.05) is 10.9 Å². The first kappa shape index (κ1) is 19.0. The van der Waals surface area contributed by atoms with Crippen LogP contribution in [0.3, 0.4) is 0 Å². The molecule has 2 heterocycles.